The van der Waals surface area contributed by atoms with Crippen molar-refractivity contribution < 1.29 is 15.1 Å². The van der Waals surface area contributed by atoms with Crippen molar-refractivity contribution in [3.05, 3.63) is 35.9 Å². The summed E-state index contributed by atoms with van der Waals surface area (Å²) in [4.78, 5) is 0. The molecule has 13 heavy (non-hydrogen) atoms. The van der Waals surface area contributed by atoms with Crippen molar-refractivity contribution in [1.29, 1.82) is 5.26 Å². The van der Waals surface area contributed by atoms with E-state index in [1.807, 2.05) is 30.3 Å². The van der Waals surface area contributed by atoms with Crippen LogP contribution in [0.3, 0.4) is 0 Å². The zero-order valence-corrected chi connectivity index (χ0v) is 6.96. The topological polar surface area (TPSA) is 84.5 Å². The van der Waals surface area contributed by atoms with Gasteiger partial charge in [-0.3, -0.25) is 0 Å². The Balaban J connectivity index is 0.000000310. The summed E-state index contributed by atoms with van der Waals surface area (Å²) in [5, 5.41) is 29.8. The summed E-state index contributed by atoms with van der Waals surface area (Å²) in [6, 6.07) is 11.8. The molecule has 0 saturated heterocycles. The first-order valence-electron chi connectivity index (χ1n) is 3.62. The lowest BCUT2D eigenvalue weighted by atomic mass is 10.2. The number of nitriles is 1. The van der Waals surface area contributed by atoms with Gasteiger partial charge in [-0.05, 0) is 5.56 Å². The lowest BCUT2D eigenvalue weighted by Crippen LogP contribution is -2.07. The highest BCUT2D eigenvalue weighted by Gasteiger charge is 1.92. The van der Waals surface area contributed by atoms with Crippen molar-refractivity contribution in [2.75, 3.05) is 0 Å². The Morgan fingerprint density at radius 1 is 1.15 bits per heavy atom. The van der Waals surface area contributed by atoms with Crippen molar-refractivity contribution in [1.82, 2.24) is 0 Å². The van der Waals surface area contributed by atoms with Crippen LogP contribution in [0.25, 0.3) is 0 Å². The smallest absolute Gasteiger partial charge is 0.402 e. The zero-order chi connectivity index (χ0) is 10.1. The second-order valence-electron chi connectivity index (χ2n) is 2.17. The molecule has 1 rings (SSSR count). The van der Waals surface area contributed by atoms with Gasteiger partial charge in [0.05, 0.1) is 12.5 Å². The van der Waals surface area contributed by atoms with Crippen LogP contribution < -0.4 is 0 Å². The van der Waals surface area contributed by atoms with E-state index in [1.54, 1.807) is 0 Å². The Morgan fingerprint density at radius 2 is 1.62 bits per heavy atom. The van der Waals surface area contributed by atoms with Crippen LogP contribution >= 0.6 is 0 Å². The fraction of sp³-hybridized carbons (Fsp3) is 0.125. The van der Waals surface area contributed by atoms with Crippen LogP contribution in [0, 0.1) is 11.3 Å². The third-order valence-electron chi connectivity index (χ3n) is 1.13. The van der Waals surface area contributed by atoms with Crippen molar-refractivity contribution in [2.45, 2.75) is 6.42 Å². The van der Waals surface area contributed by atoms with Crippen LogP contribution in [-0.4, -0.2) is 22.4 Å². The van der Waals surface area contributed by atoms with Crippen LogP contribution in [0.15, 0.2) is 30.3 Å². The van der Waals surface area contributed by atoms with Crippen LogP contribution in [-0.2, 0) is 6.42 Å². The Morgan fingerprint density at radius 3 is 2.00 bits per heavy atom. The normalized spacial score (nSPS) is 7.85. The third-order valence-corrected chi connectivity index (χ3v) is 1.13. The Kier molecular flexibility index (Phi) is 6.56. The fourth-order valence-electron chi connectivity index (χ4n) is 0.687. The van der Waals surface area contributed by atoms with Gasteiger partial charge >= 0.3 is 7.32 Å². The summed E-state index contributed by atoms with van der Waals surface area (Å²) in [6.45, 7) is 0. The van der Waals surface area contributed by atoms with Crippen molar-refractivity contribution in [3.8, 4) is 6.07 Å². The molecule has 0 radical (unpaired) electrons. The molecule has 0 fully saturated rings. The summed E-state index contributed by atoms with van der Waals surface area (Å²) in [6.07, 6.45) is 0.515. The van der Waals surface area contributed by atoms with Crippen LogP contribution in [0.4, 0.5) is 0 Å². The summed E-state index contributed by atoms with van der Waals surface area (Å²) in [7, 11) is -2.17. The Hall–Kier alpha value is -1.35. The van der Waals surface area contributed by atoms with Gasteiger partial charge in [0.15, 0.2) is 0 Å². The molecule has 0 spiro atoms. The molecule has 5 heteroatoms. The molecule has 4 nitrogen and oxygen atoms in total. The Bertz CT molecular complexity index is 255. The predicted octanol–water partition coefficient (Wildman–Crippen LogP) is -0.299. The SMILES string of the molecule is N#CCc1ccccc1.OB(O)O. The van der Waals surface area contributed by atoms with Crippen LogP contribution in [0.2, 0.25) is 0 Å². The first-order chi connectivity index (χ1) is 6.16. The van der Waals surface area contributed by atoms with Gasteiger partial charge < -0.3 is 15.1 Å². The second-order valence-corrected chi connectivity index (χ2v) is 2.17. The fourth-order valence-corrected chi connectivity index (χ4v) is 0.687. The number of benzene rings is 1. The molecule has 0 unspecified atom stereocenters. The highest BCUT2D eigenvalue weighted by atomic mass is 16.5. The van der Waals surface area contributed by atoms with E-state index in [0.29, 0.717) is 6.42 Å². The zero-order valence-electron chi connectivity index (χ0n) is 6.96. The molecule has 0 aliphatic carbocycles. The standard InChI is InChI=1S/C8H7N.BH3O3/c9-7-6-8-4-2-1-3-5-8;2-1(3)4/h1-5H,6H2;2-4H. The Labute approximate surface area is 76.9 Å². The van der Waals surface area contributed by atoms with E-state index in [2.05, 4.69) is 6.07 Å². The molecule has 0 aliphatic heterocycles. The summed E-state index contributed by atoms with van der Waals surface area (Å²) < 4.78 is 0. The van der Waals surface area contributed by atoms with E-state index in [4.69, 9.17) is 20.3 Å². The van der Waals surface area contributed by atoms with E-state index in [1.165, 1.54) is 0 Å². The van der Waals surface area contributed by atoms with Gasteiger partial charge in [0.1, 0.15) is 0 Å². The molecule has 0 heterocycles. The molecule has 1 aromatic rings. The molecule has 3 N–H and O–H groups in total. The molecule has 0 bridgehead atoms. The summed E-state index contributed by atoms with van der Waals surface area (Å²) in [5.74, 6) is 0. The first-order valence-corrected chi connectivity index (χ1v) is 3.62. The van der Waals surface area contributed by atoms with Gasteiger partial charge in [-0.25, -0.2) is 0 Å². The van der Waals surface area contributed by atoms with Crippen LogP contribution in [0.5, 0.6) is 0 Å². The molecule has 0 amide bonds. The lowest BCUT2D eigenvalue weighted by molar-refractivity contribution is 0.278. The van der Waals surface area contributed by atoms with Crippen molar-refractivity contribution >= 4 is 7.32 Å². The van der Waals surface area contributed by atoms with Gasteiger partial charge in [0.2, 0.25) is 0 Å². The maximum Gasteiger partial charge on any atom is 0.631 e. The summed E-state index contributed by atoms with van der Waals surface area (Å²) >= 11 is 0. The maximum absolute atomic E-state index is 8.27. The monoisotopic (exact) mass is 179 g/mol. The highest BCUT2D eigenvalue weighted by molar-refractivity contribution is 6.30. The quantitative estimate of drug-likeness (QED) is 0.516. The molecule has 0 atom stereocenters. The number of hydrogen-bond donors (Lipinski definition) is 3. The van der Waals surface area contributed by atoms with Crippen molar-refractivity contribution in [2.24, 2.45) is 0 Å². The molecular formula is C8H10BNO3. The summed E-state index contributed by atoms with van der Waals surface area (Å²) in [5.41, 5.74) is 1.08. The van der Waals surface area contributed by atoms with E-state index in [-0.39, 0.29) is 0 Å². The molecule has 0 saturated carbocycles. The van der Waals surface area contributed by atoms with Gasteiger partial charge in [-0.15, -0.1) is 0 Å². The second kappa shape index (κ2) is 7.31. The van der Waals surface area contributed by atoms with E-state index >= 15 is 0 Å². The average molecular weight is 179 g/mol. The molecule has 0 aliphatic rings. The number of rotatable bonds is 1. The van der Waals surface area contributed by atoms with Gasteiger partial charge in [-0.1, -0.05) is 30.3 Å². The van der Waals surface area contributed by atoms with Gasteiger partial charge in [0, 0.05) is 0 Å². The largest absolute Gasteiger partial charge is 0.631 e. The van der Waals surface area contributed by atoms with E-state index in [0.717, 1.165) is 5.56 Å². The van der Waals surface area contributed by atoms with E-state index in [9.17, 15) is 0 Å². The minimum Gasteiger partial charge on any atom is -0.402 e. The maximum atomic E-state index is 8.27. The highest BCUT2D eigenvalue weighted by Crippen LogP contribution is 1.96. The van der Waals surface area contributed by atoms with Crippen LogP contribution in [0.1, 0.15) is 5.56 Å². The minimum atomic E-state index is -2.17. The minimum absolute atomic E-state index is 0.515. The first kappa shape index (κ1) is 11.7. The van der Waals surface area contributed by atoms with E-state index < -0.39 is 7.32 Å². The molecule has 68 valence electrons. The molecular weight excluding hydrogens is 169 g/mol. The lowest BCUT2D eigenvalue weighted by Gasteiger charge is -1.88. The average Bonchev–Trinajstić information content (AvgIpc) is 2.06. The number of hydrogen-bond acceptors (Lipinski definition) is 4. The third kappa shape index (κ3) is 8.56. The molecule has 1 aromatic carbocycles. The molecule has 0 aromatic heterocycles. The van der Waals surface area contributed by atoms with Gasteiger partial charge in [-0.2, -0.15) is 5.26 Å². The van der Waals surface area contributed by atoms with Crippen molar-refractivity contribution in [3.63, 3.8) is 0 Å². The number of nitrogens with zero attached hydrogens (tertiary/aromatic N) is 1. The van der Waals surface area contributed by atoms with Gasteiger partial charge in [0.25, 0.3) is 0 Å². The predicted molar refractivity (Wildman–Crippen MR) is 48.2 cm³/mol.